The molecule has 6 rings (SSSR count). The van der Waals surface area contributed by atoms with E-state index >= 15 is 0 Å². The zero-order chi connectivity index (χ0) is 28.0. The molecule has 11 heteroatoms. The van der Waals surface area contributed by atoms with Crippen molar-refractivity contribution in [1.29, 1.82) is 0 Å². The number of nitrogen functional groups attached to an aromatic ring is 1. The maximum absolute atomic E-state index is 14.6. The third-order valence-electron chi connectivity index (χ3n) is 6.86. The maximum Gasteiger partial charge on any atom is 0.271 e. The summed E-state index contributed by atoms with van der Waals surface area (Å²) in [6, 6.07) is 11.5. The number of nitrogens with one attached hydrogen (secondary N) is 1. The lowest BCUT2D eigenvalue weighted by Gasteiger charge is -2.23. The van der Waals surface area contributed by atoms with E-state index in [4.69, 9.17) is 10.5 Å². The van der Waals surface area contributed by atoms with Crippen LogP contribution in [0.1, 0.15) is 32.9 Å². The van der Waals surface area contributed by atoms with E-state index in [0.29, 0.717) is 35.8 Å². The second-order valence-electron chi connectivity index (χ2n) is 9.39. The lowest BCUT2D eigenvalue weighted by Crippen LogP contribution is -2.31. The molecule has 0 bridgehead atoms. The average Bonchev–Trinajstić information content (AvgIpc) is 3.58. The number of halogens is 4. The minimum absolute atomic E-state index is 0.129. The third-order valence-corrected chi connectivity index (χ3v) is 6.86. The SMILES string of the molecule is Nc1nc2cc(C(=O)N(Cc3ccc(-c4c(F)cccc4F)cn3)Cc3c(F)cccc3F)[nH]c2c2c1COC2. The molecule has 202 valence electrons. The van der Waals surface area contributed by atoms with Crippen LogP contribution in [0.15, 0.2) is 60.8 Å². The molecule has 0 spiro atoms. The van der Waals surface area contributed by atoms with Crippen molar-refractivity contribution in [1.82, 2.24) is 19.9 Å². The first-order valence-corrected chi connectivity index (χ1v) is 12.3. The van der Waals surface area contributed by atoms with Gasteiger partial charge in [0.15, 0.2) is 0 Å². The average molecular weight is 548 g/mol. The first-order chi connectivity index (χ1) is 19.3. The highest BCUT2D eigenvalue weighted by Gasteiger charge is 2.26. The second-order valence-corrected chi connectivity index (χ2v) is 9.39. The standard InChI is InChI=1S/C29H21F4N5O2/c30-20-3-1-4-21(31)17(20)12-38(11-16-8-7-15(10-35-16)26-22(32)5-2-6-23(26)33)29(39)25-9-24-27(36-25)18-13-40-14-19(18)28(34)37-24/h1-10,36H,11-14H2,(H2,34,37). The Morgan fingerprint density at radius 3 is 2.27 bits per heavy atom. The van der Waals surface area contributed by atoms with E-state index in [0.717, 1.165) is 35.4 Å². The number of aromatic amines is 1. The lowest BCUT2D eigenvalue weighted by molar-refractivity contribution is 0.0719. The fourth-order valence-corrected chi connectivity index (χ4v) is 4.83. The van der Waals surface area contributed by atoms with Crippen molar-refractivity contribution in [3.8, 4) is 11.1 Å². The molecular formula is C29H21F4N5O2. The Bertz CT molecular complexity index is 1730. The van der Waals surface area contributed by atoms with Crippen molar-refractivity contribution in [2.45, 2.75) is 26.3 Å². The lowest BCUT2D eigenvalue weighted by atomic mass is 10.1. The van der Waals surface area contributed by atoms with Gasteiger partial charge in [0.1, 0.15) is 34.8 Å². The van der Waals surface area contributed by atoms with Crippen LogP contribution in [0.2, 0.25) is 0 Å². The number of hydrogen-bond acceptors (Lipinski definition) is 5. The van der Waals surface area contributed by atoms with E-state index in [1.807, 2.05) is 0 Å². The molecule has 0 aliphatic carbocycles. The smallest absolute Gasteiger partial charge is 0.271 e. The summed E-state index contributed by atoms with van der Waals surface area (Å²) >= 11 is 0. The number of rotatable bonds is 6. The van der Waals surface area contributed by atoms with Gasteiger partial charge in [0.25, 0.3) is 5.91 Å². The number of hydrogen-bond donors (Lipinski definition) is 2. The first kappa shape index (κ1) is 25.5. The van der Waals surface area contributed by atoms with Gasteiger partial charge in [0, 0.05) is 28.5 Å². The van der Waals surface area contributed by atoms with Gasteiger partial charge in [-0.25, -0.2) is 22.5 Å². The molecular weight excluding hydrogens is 526 g/mol. The van der Waals surface area contributed by atoms with Crippen molar-refractivity contribution in [2.75, 3.05) is 5.73 Å². The molecule has 3 aromatic heterocycles. The van der Waals surface area contributed by atoms with Crippen LogP contribution in [-0.4, -0.2) is 25.8 Å². The van der Waals surface area contributed by atoms with Gasteiger partial charge in [-0.05, 0) is 36.4 Å². The molecule has 0 radical (unpaired) electrons. The molecule has 7 nitrogen and oxygen atoms in total. The van der Waals surface area contributed by atoms with Gasteiger partial charge in [-0.1, -0.05) is 18.2 Å². The molecule has 3 N–H and O–H groups in total. The van der Waals surface area contributed by atoms with Gasteiger partial charge in [0.05, 0.1) is 48.6 Å². The molecule has 2 aromatic carbocycles. The van der Waals surface area contributed by atoms with Crippen molar-refractivity contribution < 1.29 is 27.1 Å². The molecule has 1 amide bonds. The summed E-state index contributed by atoms with van der Waals surface area (Å²) in [6.45, 7) is 0.0485. The zero-order valence-electron chi connectivity index (χ0n) is 20.8. The van der Waals surface area contributed by atoms with Crippen molar-refractivity contribution >= 4 is 22.8 Å². The number of anilines is 1. The van der Waals surface area contributed by atoms with Crippen LogP contribution in [0.3, 0.4) is 0 Å². The van der Waals surface area contributed by atoms with Crippen LogP contribution in [0.25, 0.3) is 22.2 Å². The Morgan fingerprint density at radius 1 is 0.925 bits per heavy atom. The van der Waals surface area contributed by atoms with Crippen LogP contribution < -0.4 is 5.73 Å². The molecule has 1 aliphatic heterocycles. The normalized spacial score (nSPS) is 12.6. The monoisotopic (exact) mass is 547 g/mol. The predicted octanol–water partition coefficient (Wildman–Crippen LogP) is 5.64. The van der Waals surface area contributed by atoms with Gasteiger partial charge in [-0.2, -0.15) is 0 Å². The van der Waals surface area contributed by atoms with Crippen molar-refractivity contribution in [3.05, 3.63) is 112 Å². The summed E-state index contributed by atoms with van der Waals surface area (Å²) in [4.78, 5) is 26.7. The van der Waals surface area contributed by atoms with Crippen LogP contribution >= 0.6 is 0 Å². The van der Waals surface area contributed by atoms with Crippen LogP contribution in [0, 0.1) is 23.3 Å². The molecule has 0 atom stereocenters. The minimum Gasteiger partial charge on any atom is -0.383 e. The molecule has 0 fully saturated rings. The fraction of sp³-hybridized carbons (Fsp3) is 0.138. The summed E-state index contributed by atoms with van der Waals surface area (Å²) in [5.41, 5.74) is 8.78. The van der Waals surface area contributed by atoms with E-state index in [2.05, 4.69) is 15.0 Å². The molecule has 4 heterocycles. The second kappa shape index (κ2) is 10.1. The minimum atomic E-state index is -0.808. The van der Waals surface area contributed by atoms with E-state index in [1.165, 1.54) is 41.4 Å². The Hall–Kier alpha value is -4.77. The highest BCUT2D eigenvalue weighted by Crippen LogP contribution is 2.32. The Labute approximate surface area is 225 Å². The molecule has 1 aliphatic rings. The number of aromatic nitrogens is 3. The maximum atomic E-state index is 14.6. The Balaban J connectivity index is 1.36. The number of ether oxygens (including phenoxy) is 1. The van der Waals surface area contributed by atoms with E-state index in [-0.39, 0.29) is 28.9 Å². The molecule has 5 aromatic rings. The quantitative estimate of drug-likeness (QED) is 0.269. The Morgan fingerprint density at radius 2 is 1.60 bits per heavy atom. The van der Waals surface area contributed by atoms with Crippen LogP contribution in [0.5, 0.6) is 0 Å². The largest absolute Gasteiger partial charge is 0.383 e. The van der Waals surface area contributed by atoms with Crippen molar-refractivity contribution in [2.24, 2.45) is 0 Å². The number of carbonyl (C=O) groups excluding carboxylic acids is 1. The number of amides is 1. The van der Waals surface area contributed by atoms with E-state index in [9.17, 15) is 22.4 Å². The number of carbonyl (C=O) groups is 1. The number of benzene rings is 2. The summed E-state index contributed by atoms with van der Waals surface area (Å²) in [6.07, 6.45) is 1.28. The summed E-state index contributed by atoms with van der Waals surface area (Å²) in [5, 5.41) is 0. The number of pyridine rings is 2. The Kier molecular flexibility index (Phi) is 6.43. The van der Waals surface area contributed by atoms with Gasteiger partial charge in [0.2, 0.25) is 0 Å². The van der Waals surface area contributed by atoms with Gasteiger partial charge in [-0.3, -0.25) is 9.78 Å². The number of nitrogens with two attached hydrogens (primary N) is 1. The highest BCUT2D eigenvalue weighted by molar-refractivity contribution is 5.98. The van der Waals surface area contributed by atoms with E-state index < -0.39 is 35.7 Å². The topological polar surface area (TPSA) is 97.1 Å². The number of nitrogens with zero attached hydrogens (tertiary/aromatic N) is 3. The highest BCUT2D eigenvalue weighted by atomic mass is 19.1. The number of fused-ring (bicyclic) bond motifs is 3. The van der Waals surface area contributed by atoms with Gasteiger partial charge >= 0.3 is 0 Å². The van der Waals surface area contributed by atoms with Gasteiger partial charge in [-0.15, -0.1) is 0 Å². The fourth-order valence-electron chi connectivity index (χ4n) is 4.83. The van der Waals surface area contributed by atoms with Crippen molar-refractivity contribution in [3.63, 3.8) is 0 Å². The molecule has 0 saturated heterocycles. The third kappa shape index (κ3) is 4.54. The zero-order valence-corrected chi connectivity index (χ0v) is 20.8. The summed E-state index contributed by atoms with van der Waals surface area (Å²) < 4.78 is 63.1. The van der Waals surface area contributed by atoms with Crippen LogP contribution in [-0.2, 0) is 31.0 Å². The first-order valence-electron chi connectivity index (χ1n) is 12.3. The molecule has 0 saturated carbocycles. The van der Waals surface area contributed by atoms with Crippen LogP contribution in [0.4, 0.5) is 23.4 Å². The summed E-state index contributed by atoms with van der Waals surface area (Å²) in [7, 11) is 0. The predicted molar refractivity (Wildman–Crippen MR) is 139 cm³/mol. The van der Waals surface area contributed by atoms with Gasteiger partial charge < -0.3 is 20.4 Å². The van der Waals surface area contributed by atoms with E-state index in [1.54, 1.807) is 0 Å². The molecule has 0 unspecified atom stereocenters. The number of H-pyrrole nitrogens is 1. The molecule has 40 heavy (non-hydrogen) atoms. The summed E-state index contributed by atoms with van der Waals surface area (Å²) in [5.74, 6) is -3.37.